The molecule has 2 atom stereocenters. The van der Waals surface area contributed by atoms with Crippen LogP contribution in [0.15, 0.2) is 30.5 Å². The summed E-state index contributed by atoms with van der Waals surface area (Å²) in [5, 5.41) is 10.6. The van der Waals surface area contributed by atoms with Crippen molar-refractivity contribution < 1.29 is 5.11 Å². The molecule has 0 spiro atoms. The molecule has 1 unspecified atom stereocenters. The molecule has 102 valence electrons. The SMILES string of the molecule is CN1C[C@H](CO)CCC1Cc1c[nH]c2ccccc12. The summed E-state index contributed by atoms with van der Waals surface area (Å²) in [6, 6.07) is 9.10. The van der Waals surface area contributed by atoms with E-state index >= 15 is 0 Å². The second kappa shape index (κ2) is 5.35. The molecule has 3 rings (SSSR count). The highest BCUT2D eigenvalue weighted by Gasteiger charge is 2.25. The minimum Gasteiger partial charge on any atom is -0.396 e. The van der Waals surface area contributed by atoms with Gasteiger partial charge in [0.1, 0.15) is 0 Å². The zero-order valence-electron chi connectivity index (χ0n) is 11.5. The van der Waals surface area contributed by atoms with Crippen molar-refractivity contribution >= 4 is 10.9 Å². The van der Waals surface area contributed by atoms with Crippen LogP contribution in [0.2, 0.25) is 0 Å². The highest BCUT2D eigenvalue weighted by atomic mass is 16.3. The number of aliphatic hydroxyl groups excluding tert-OH is 1. The largest absolute Gasteiger partial charge is 0.396 e. The van der Waals surface area contributed by atoms with Gasteiger partial charge in [-0.3, -0.25) is 0 Å². The van der Waals surface area contributed by atoms with Crippen molar-refractivity contribution in [1.82, 2.24) is 9.88 Å². The van der Waals surface area contributed by atoms with Crippen molar-refractivity contribution in [2.45, 2.75) is 25.3 Å². The van der Waals surface area contributed by atoms with Crippen LogP contribution in [0.3, 0.4) is 0 Å². The fourth-order valence-corrected chi connectivity index (χ4v) is 3.26. The first-order chi connectivity index (χ1) is 9.28. The summed E-state index contributed by atoms with van der Waals surface area (Å²) in [5.74, 6) is 0.462. The predicted molar refractivity (Wildman–Crippen MR) is 78.2 cm³/mol. The second-order valence-electron chi connectivity index (χ2n) is 5.78. The third kappa shape index (κ3) is 2.53. The van der Waals surface area contributed by atoms with E-state index in [1.807, 2.05) is 0 Å². The fraction of sp³-hybridized carbons (Fsp3) is 0.500. The van der Waals surface area contributed by atoms with Crippen LogP contribution in [0.25, 0.3) is 10.9 Å². The van der Waals surface area contributed by atoms with E-state index in [4.69, 9.17) is 0 Å². The van der Waals surface area contributed by atoms with Gasteiger partial charge in [0.15, 0.2) is 0 Å². The maximum absolute atomic E-state index is 9.26. The maximum atomic E-state index is 9.26. The van der Waals surface area contributed by atoms with E-state index in [0.29, 0.717) is 18.6 Å². The van der Waals surface area contributed by atoms with Gasteiger partial charge in [0, 0.05) is 36.3 Å². The Labute approximate surface area is 114 Å². The van der Waals surface area contributed by atoms with Gasteiger partial charge in [0.05, 0.1) is 0 Å². The van der Waals surface area contributed by atoms with E-state index in [0.717, 1.165) is 19.4 Å². The molecule has 3 nitrogen and oxygen atoms in total. The molecule has 1 aromatic heterocycles. The Morgan fingerprint density at radius 3 is 2.95 bits per heavy atom. The lowest BCUT2D eigenvalue weighted by atomic mass is 9.90. The molecule has 1 aliphatic heterocycles. The van der Waals surface area contributed by atoms with Crippen LogP contribution in [0.4, 0.5) is 0 Å². The monoisotopic (exact) mass is 258 g/mol. The fourth-order valence-electron chi connectivity index (χ4n) is 3.26. The molecule has 0 aliphatic carbocycles. The van der Waals surface area contributed by atoms with Gasteiger partial charge < -0.3 is 15.0 Å². The first-order valence-corrected chi connectivity index (χ1v) is 7.14. The molecule has 1 aromatic carbocycles. The number of aromatic nitrogens is 1. The summed E-state index contributed by atoms with van der Waals surface area (Å²) in [5.41, 5.74) is 2.64. The number of fused-ring (bicyclic) bond motifs is 1. The molecular formula is C16H22N2O. The Morgan fingerprint density at radius 2 is 2.16 bits per heavy atom. The summed E-state index contributed by atoms with van der Waals surface area (Å²) < 4.78 is 0. The van der Waals surface area contributed by atoms with Crippen molar-refractivity contribution in [3.8, 4) is 0 Å². The van der Waals surface area contributed by atoms with Crippen molar-refractivity contribution in [2.24, 2.45) is 5.92 Å². The Morgan fingerprint density at radius 1 is 1.32 bits per heavy atom. The number of benzene rings is 1. The molecule has 1 aliphatic rings. The van der Waals surface area contributed by atoms with Crippen LogP contribution in [0, 0.1) is 5.92 Å². The second-order valence-corrected chi connectivity index (χ2v) is 5.78. The van der Waals surface area contributed by atoms with Crippen LogP contribution in [0.1, 0.15) is 18.4 Å². The normalized spacial score (nSPS) is 24.9. The number of nitrogens with zero attached hydrogens (tertiary/aromatic N) is 1. The van der Waals surface area contributed by atoms with Gasteiger partial charge in [-0.05, 0) is 43.9 Å². The summed E-state index contributed by atoms with van der Waals surface area (Å²) in [6.45, 7) is 1.34. The average molecular weight is 258 g/mol. The standard InChI is InChI=1S/C16H22N2O/c1-18-10-12(11-19)6-7-14(18)8-13-9-17-16-5-3-2-4-15(13)16/h2-5,9,12,14,17,19H,6-8,10-11H2,1H3/t12-,14?/m1/s1. The van der Waals surface area contributed by atoms with E-state index in [-0.39, 0.29) is 0 Å². The highest BCUT2D eigenvalue weighted by Crippen LogP contribution is 2.26. The molecule has 0 bridgehead atoms. The first kappa shape index (κ1) is 12.7. The number of hydrogen-bond acceptors (Lipinski definition) is 2. The molecule has 2 N–H and O–H groups in total. The van der Waals surface area contributed by atoms with Gasteiger partial charge in [0.25, 0.3) is 0 Å². The van der Waals surface area contributed by atoms with Crippen molar-refractivity contribution in [1.29, 1.82) is 0 Å². The molecule has 0 saturated carbocycles. The molecule has 1 saturated heterocycles. The highest BCUT2D eigenvalue weighted by molar-refractivity contribution is 5.83. The van der Waals surface area contributed by atoms with Gasteiger partial charge in [-0.1, -0.05) is 18.2 Å². The number of likely N-dealkylation sites (N-methyl/N-ethyl adjacent to an activating group) is 1. The molecule has 2 aromatic rings. The number of hydrogen-bond donors (Lipinski definition) is 2. The number of aromatic amines is 1. The summed E-state index contributed by atoms with van der Waals surface area (Å²) >= 11 is 0. The van der Waals surface area contributed by atoms with E-state index in [9.17, 15) is 5.11 Å². The van der Waals surface area contributed by atoms with E-state index < -0.39 is 0 Å². The van der Waals surface area contributed by atoms with Crippen LogP contribution in [-0.4, -0.2) is 41.2 Å². The van der Waals surface area contributed by atoms with Crippen molar-refractivity contribution in [3.63, 3.8) is 0 Å². The smallest absolute Gasteiger partial charge is 0.0471 e. The topological polar surface area (TPSA) is 39.3 Å². The lowest BCUT2D eigenvalue weighted by Gasteiger charge is -2.36. The molecule has 19 heavy (non-hydrogen) atoms. The lowest BCUT2D eigenvalue weighted by Crippen LogP contribution is -2.42. The molecule has 1 fully saturated rings. The van der Waals surface area contributed by atoms with Crippen molar-refractivity contribution in [2.75, 3.05) is 20.2 Å². The number of nitrogens with one attached hydrogen (secondary N) is 1. The number of aliphatic hydroxyl groups is 1. The van der Waals surface area contributed by atoms with Gasteiger partial charge >= 0.3 is 0 Å². The average Bonchev–Trinajstić information content (AvgIpc) is 2.84. The predicted octanol–water partition coefficient (Wildman–Crippen LogP) is 2.41. The van der Waals surface area contributed by atoms with E-state index in [1.54, 1.807) is 0 Å². The minimum atomic E-state index is 0.324. The maximum Gasteiger partial charge on any atom is 0.0471 e. The number of rotatable bonds is 3. The van der Waals surface area contributed by atoms with Crippen LogP contribution in [0.5, 0.6) is 0 Å². The third-order valence-corrected chi connectivity index (χ3v) is 4.47. The quantitative estimate of drug-likeness (QED) is 0.887. The van der Waals surface area contributed by atoms with Crippen LogP contribution in [-0.2, 0) is 6.42 Å². The number of piperidine rings is 1. The molecular weight excluding hydrogens is 236 g/mol. The first-order valence-electron chi connectivity index (χ1n) is 7.14. The molecule has 2 heterocycles. The molecule has 3 heteroatoms. The van der Waals surface area contributed by atoms with E-state index in [2.05, 4.69) is 47.4 Å². The number of para-hydroxylation sites is 1. The molecule has 0 radical (unpaired) electrons. The van der Waals surface area contributed by atoms with Gasteiger partial charge in [-0.2, -0.15) is 0 Å². The molecule has 0 amide bonds. The summed E-state index contributed by atoms with van der Waals surface area (Å²) in [7, 11) is 2.18. The van der Waals surface area contributed by atoms with Crippen molar-refractivity contribution in [3.05, 3.63) is 36.0 Å². The van der Waals surface area contributed by atoms with Gasteiger partial charge in [0.2, 0.25) is 0 Å². The number of H-pyrrole nitrogens is 1. The van der Waals surface area contributed by atoms with Gasteiger partial charge in [-0.25, -0.2) is 0 Å². The van der Waals surface area contributed by atoms with Crippen LogP contribution >= 0.6 is 0 Å². The number of likely N-dealkylation sites (tertiary alicyclic amines) is 1. The summed E-state index contributed by atoms with van der Waals surface area (Å²) in [4.78, 5) is 5.76. The van der Waals surface area contributed by atoms with Crippen LogP contribution < -0.4 is 0 Å². The third-order valence-electron chi connectivity index (χ3n) is 4.47. The Kier molecular flexibility index (Phi) is 3.58. The summed E-state index contributed by atoms with van der Waals surface area (Å²) in [6.07, 6.45) is 5.57. The van der Waals surface area contributed by atoms with E-state index in [1.165, 1.54) is 22.9 Å². The minimum absolute atomic E-state index is 0.324. The zero-order chi connectivity index (χ0) is 13.2. The van der Waals surface area contributed by atoms with Gasteiger partial charge in [-0.15, -0.1) is 0 Å². The Hall–Kier alpha value is -1.32. The lowest BCUT2D eigenvalue weighted by molar-refractivity contribution is 0.0962. The Balaban J connectivity index is 1.75. The Bertz CT molecular complexity index is 548. The zero-order valence-corrected chi connectivity index (χ0v) is 11.5.